The number of hydrogen-bond donors (Lipinski definition) is 1. The summed E-state index contributed by atoms with van der Waals surface area (Å²) in [4.78, 5) is 29.8. The Labute approximate surface area is 172 Å². The predicted molar refractivity (Wildman–Crippen MR) is 112 cm³/mol. The van der Waals surface area contributed by atoms with Crippen molar-refractivity contribution in [3.8, 4) is 11.3 Å². The van der Waals surface area contributed by atoms with Crippen LogP contribution in [-0.4, -0.2) is 28.9 Å². The van der Waals surface area contributed by atoms with E-state index < -0.39 is 5.97 Å². The quantitative estimate of drug-likeness (QED) is 0.521. The largest absolute Gasteiger partial charge is 0.481 e. The van der Waals surface area contributed by atoms with E-state index in [4.69, 9.17) is 16.7 Å². The Morgan fingerprint density at radius 3 is 2.64 bits per heavy atom. The maximum Gasteiger partial charge on any atom is 0.305 e. The number of thiazole rings is 1. The summed E-state index contributed by atoms with van der Waals surface area (Å²) in [5.74, 6) is -0.879. The fourth-order valence-corrected chi connectivity index (χ4v) is 3.87. The van der Waals surface area contributed by atoms with E-state index in [-0.39, 0.29) is 6.42 Å². The highest BCUT2D eigenvalue weighted by atomic mass is 35.5. The second-order valence-electron chi connectivity index (χ2n) is 6.34. The van der Waals surface area contributed by atoms with Crippen LogP contribution in [0.2, 0.25) is 5.02 Å². The first-order valence-corrected chi connectivity index (χ1v) is 9.90. The van der Waals surface area contributed by atoms with E-state index in [2.05, 4.69) is 4.98 Å². The van der Waals surface area contributed by atoms with Gasteiger partial charge in [-0.3, -0.25) is 9.59 Å². The highest BCUT2D eigenvalue weighted by molar-refractivity contribution is 7.17. The molecule has 0 spiro atoms. The van der Waals surface area contributed by atoms with Crippen LogP contribution >= 0.6 is 22.9 Å². The second kappa shape index (κ2) is 8.99. The number of aromatic nitrogens is 1. The van der Waals surface area contributed by atoms with E-state index >= 15 is 0 Å². The smallest absolute Gasteiger partial charge is 0.305 e. The molecule has 0 radical (unpaired) electrons. The van der Waals surface area contributed by atoms with E-state index in [1.54, 1.807) is 6.07 Å². The topological polar surface area (TPSA) is 70.5 Å². The van der Waals surface area contributed by atoms with E-state index in [1.807, 2.05) is 54.3 Å². The summed E-state index contributed by atoms with van der Waals surface area (Å²) in [6, 6.07) is 15.3. The molecule has 3 rings (SSSR count). The molecule has 0 aliphatic rings. The van der Waals surface area contributed by atoms with Crippen molar-refractivity contribution in [2.24, 2.45) is 0 Å². The summed E-state index contributed by atoms with van der Waals surface area (Å²) in [6.07, 6.45) is 0.761. The summed E-state index contributed by atoms with van der Waals surface area (Å²) < 4.78 is 0. The van der Waals surface area contributed by atoms with E-state index in [0.29, 0.717) is 33.8 Å². The molecule has 0 saturated heterocycles. The van der Waals surface area contributed by atoms with Crippen molar-refractivity contribution in [3.63, 3.8) is 0 Å². The average Bonchev–Trinajstić information content (AvgIpc) is 3.12. The molecule has 5 nitrogen and oxygen atoms in total. The van der Waals surface area contributed by atoms with Gasteiger partial charge in [0.25, 0.3) is 0 Å². The number of rotatable bonds is 8. The molecule has 0 aliphatic carbocycles. The van der Waals surface area contributed by atoms with Crippen molar-refractivity contribution in [1.82, 2.24) is 4.98 Å². The molecule has 0 fully saturated rings. The van der Waals surface area contributed by atoms with Gasteiger partial charge in [0.05, 0.1) is 17.0 Å². The highest BCUT2D eigenvalue weighted by Gasteiger charge is 2.19. The van der Waals surface area contributed by atoms with Gasteiger partial charge < -0.3 is 10.0 Å². The van der Waals surface area contributed by atoms with Gasteiger partial charge in [-0.05, 0) is 24.1 Å². The summed E-state index contributed by atoms with van der Waals surface area (Å²) >= 11 is 7.49. The summed E-state index contributed by atoms with van der Waals surface area (Å²) in [5.41, 5.74) is 3.31. The lowest BCUT2D eigenvalue weighted by Gasteiger charge is -2.21. The number of hydrogen-bond acceptors (Lipinski definition) is 5. The molecule has 0 saturated carbocycles. The minimum atomic E-state index is -0.879. The molecule has 28 heavy (non-hydrogen) atoms. The monoisotopic (exact) mass is 414 g/mol. The minimum Gasteiger partial charge on any atom is -0.481 e. The molecule has 3 aromatic rings. The third-order valence-corrected chi connectivity index (χ3v) is 5.73. The molecular weight excluding hydrogens is 396 g/mol. The zero-order valence-corrected chi connectivity index (χ0v) is 16.8. The third kappa shape index (κ3) is 4.77. The number of aliphatic carboxylic acids is 1. The number of benzene rings is 2. The molecule has 0 bridgehead atoms. The number of nitrogens with zero attached hydrogens (tertiary/aromatic N) is 2. The van der Waals surface area contributed by atoms with Crippen LogP contribution in [0, 0.1) is 6.92 Å². The molecule has 0 atom stereocenters. The maximum absolute atomic E-state index is 11.6. The van der Waals surface area contributed by atoms with Crippen LogP contribution in [-0.2, 0) is 11.3 Å². The predicted octanol–water partition coefficient (Wildman–Crippen LogP) is 5.07. The highest BCUT2D eigenvalue weighted by Crippen LogP contribution is 2.34. The van der Waals surface area contributed by atoms with Crippen molar-refractivity contribution in [2.75, 3.05) is 11.4 Å². The molecule has 1 N–H and O–H groups in total. The van der Waals surface area contributed by atoms with Gasteiger partial charge in [0.15, 0.2) is 11.4 Å². The Balaban J connectivity index is 1.97. The number of halogens is 1. The molecule has 2 aromatic carbocycles. The van der Waals surface area contributed by atoms with E-state index in [9.17, 15) is 9.59 Å². The summed E-state index contributed by atoms with van der Waals surface area (Å²) in [6.45, 7) is 2.71. The van der Waals surface area contributed by atoms with Gasteiger partial charge in [-0.15, -0.1) is 0 Å². The lowest BCUT2D eigenvalue weighted by atomic mass is 10.1. The van der Waals surface area contributed by atoms with Crippen LogP contribution in [0.3, 0.4) is 0 Å². The van der Waals surface area contributed by atoms with Crippen LogP contribution in [0.4, 0.5) is 5.13 Å². The molecule has 0 amide bonds. The molecule has 1 heterocycles. The maximum atomic E-state index is 11.6. The van der Waals surface area contributed by atoms with Crippen LogP contribution in [0.25, 0.3) is 11.3 Å². The number of carbonyl (C=O) groups is 2. The van der Waals surface area contributed by atoms with Crippen LogP contribution in [0.5, 0.6) is 0 Å². The van der Waals surface area contributed by atoms with Gasteiger partial charge in [0.1, 0.15) is 0 Å². The normalized spacial score (nSPS) is 10.6. The molecule has 0 unspecified atom stereocenters. The fourth-order valence-electron chi connectivity index (χ4n) is 2.76. The number of anilines is 1. The van der Waals surface area contributed by atoms with Crippen molar-refractivity contribution >= 4 is 40.3 Å². The standard InChI is InChI=1S/C21H19ClN2O3S/c1-14-7-8-16(11-17(14)22)20-18(13-25)28-21(23-20)24(10-9-19(26)27)12-15-5-3-2-4-6-15/h2-8,11,13H,9-10,12H2,1H3,(H,26,27). The zero-order valence-electron chi connectivity index (χ0n) is 15.3. The van der Waals surface area contributed by atoms with Crippen LogP contribution in [0.15, 0.2) is 48.5 Å². The molecule has 1 aromatic heterocycles. The van der Waals surface area contributed by atoms with Gasteiger partial charge in [-0.25, -0.2) is 4.98 Å². The number of aldehydes is 1. The van der Waals surface area contributed by atoms with Crippen molar-refractivity contribution < 1.29 is 14.7 Å². The average molecular weight is 415 g/mol. The van der Waals surface area contributed by atoms with Gasteiger partial charge >= 0.3 is 5.97 Å². The Bertz CT molecular complexity index is 989. The number of aryl methyl sites for hydroxylation is 1. The third-order valence-electron chi connectivity index (χ3n) is 4.28. The fraction of sp³-hybridized carbons (Fsp3) is 0.190. The Kier molecular flexibility index (Phi) is 6.44. The van der Waals surface area contributed by atoms with Crippen LogP contribution in [0.1, 0.15) is 27.2 Å². The Morgan fingerprint density at radius 1 is 1.25 bits per heavy atom. The minimum absolute atomic E-state index is 0.0193. The first-order chi connectivity index (χ1) is 13.5. The van der Waals surface area contributed by atoms with Crippen molar-refractivity contribution in [3.05, 3.63) is 69.6 Å². The zero-order chi connectivity index (χ0) is 20.1. The molecular formula is C21H19ClN2O3S. The molecule has 7 heteroatoms. The van der Waals surface area contributed by atoms with Gasteiger partial charge in [0, 0.05) is 23.7 Å². The SMILES string of the molecule is Cc1ccc(-c2nc(N(CCC(=O)O)Cc3ccccc3)sc2C=O)cc1Cl. The van der Waals surface area contributed by atoms with Gasteiger partial charge in [-0.1, -0.05) is 65.4 Å². The molecule has 144 valence electrons. The number of carbonyl (C=O) groups excluding carboxylic acids is 1. The summed E-state index contributed by atoms with van der Waals surface area (Å²) in [7, 11) is 0. The lowest BCUT2D eigenvalue weighted by Crippen LogP contribution is -2.25. The van der Waals surface area contributed by atoms with E-state index in [0.717, 1.165) is 23.0 Å². The Hall–Kier alpha value is -2.70. The van der Waals surface area contributed by atoms with Crippen LogP contribution < -0.4 is 4.90 Å². The van der Waals surface area contributed by atoms with Gasteiger partial charge in [-0.2, -0.15) is 0 Å². The van der Waals surface area contributed by atoms with Crippen molar-refractivity contribution in [1.29, 1.82) is 0 Å². The number of carboxylic acid groups (broad SMARTS) is 1. The molecule has 0 aliphatic heterocycles. The van der Waals surface area contributed by atoms with E-state index in [1.165, 1.54) is 11.3 Å². The summed E-state index contributed by atoms with van der Waals surface area (Å²) in [5, 5.41) is 10.3. The van der Waals surface area contributed by atoms with Crippen molar-refractivity contribution in [2.45, 2.75) is 19.9 Å². The van der Waals surface area contributed by atoms with Gasteiger partial charge in [0.2, 0.25) is 0 Å². The second-order valence-corrected chi connectivity index (χ2v) is 7.76. The Morgan fingerprint density at radius 2 is 2.00 bits per heavy atom. The first-order valence-electron chi connectivity index (χ1n) is 8.71. The number of carboxylic acids is 1. The first kappa shape index (κ1) is 20.0. The lowest BCUT2D eigenvalue weighted by molar-refractivity contribution is -0.136.